The van der Waals surface area contributed by atoms with Gasteiger partial charge in [0.25, 0.3) is 0 Å². The average molecular weight is 682 g/mol. The Morgan fingerprint density at radius 3 is 1.81 bits per heavy atom. The summed E-state index contributed by atoms with van der Waals surface area (Å²) in [5, 5.41) is 9.65. The van der Waals surface area contributed by atoms with Gasteiger partial charge in [-0.25, -0.2) is 4.98 Å². The van der Waals surface area contributed by atoms with Crippen molar-refractivity contribution >= 4 is 97.1 Å². The summed E-state index contributed by atoms with van der Waals surface area (Å²) in [5.41, 5.74) is 9.87. The van der Waals surface area contributed by atoms with Crippen molar-refractivity contribution in [3.05, 3.63) is 164 Å². The predicted octanol–water partition coefficient (Wildman–Crippen LogP) is 13.2. The van der Waals surface area contributed by atoms with Crippen LogP contribution in [0.15, 0.2) is 168 Å². The van der Waals surface area contributed by atoms with Gasteiger partial charge in [0, 0.05) is 54.0 Å². The molecular formula is C47H27N3OS. The first-order valence-electron chi connectivity index (χ1n) is 17.5. The Balaban J connectivity index is 1.07. The fraction of sp³-hybridized carbons (Fsp3) is 0. The van der Waals surface area contributed by atoms with Crippen LogP contribution >= 0.6 is 11.3 Å². The summed E-state index contributed by atoms with van der Waals surface area (Å²) >= 11 is 1.87. The second-order valence-corrected chi connectivity index (χ2v) is 14.6. The molecule has 0 aliphatic heterocycles. The number of aromatic nitrogens is 3. The van der Waals surface area contributed by atoms with Crippen LogP contribution in [0, 0.1) is 0 Å². The summed E-state index contributed by atoms with van der Waals surface area (Å²) in [5.74, 6) is 0.801. The van der Waals surface area contributed by atoms with Crippen molar-refractivity contribution in [3.8, 4) is 22.6 Å². The van der Waals surface area contributed by atoms with Gasteiger partial charge in [-0.05, 0) is 71.8 Å². The number of furan rings is 1. The number of thiophene rings is 1. The highest BCUT2D eigenvalue weighted by molar-refractivity contribution is 7.26. The normalized spacial score (nSPS) is 12.2. The highest BCUT2D eigenvalue weighted by Crippen LogP contribution is 2.43. The standard InChI is InChI=1S/C47H27N3OS/c1-5-15-38-30(10-1)36-26-28(20-22-40(36)49(38)42-17-9-14-35-33-13-4-8-19-44(33)52-46(35)42)29-21-23-41-37(27-29)31-11-2-6-16-39(31)50(41)47-45-34(24-25-48-47)32-12-3-7-18-43(32)51-45/h1-27H. The topological polar surface area (TPSA) is 35.9 Å². The zero-order chi connectivity index (χ0) is 33.9. The van der Waals surface area contributed by atoms with Gasteiger partial charge in [-0.1, -0.05) is 97.1 Å². The lowest BCUT2D eigenvalue weighted by Crippen LogP contribution is -1.97. The molecule has 242 valence electrons. The molecule has 0 spiro atoms. The number of pyridine rings is 1. The van der Waals surface area contributed by atoms with Crippen LogP contribution in [0.4, 0.5) is 0 Å². The number of nitrogens with zero attached hydrogens (tertiary/aromatic N) is 3. The molecule has 0 N–H and O–H groups in total. The second kappa shape index (κ2) is 10.4. The lowest BCUT2D eigenvalue weighted by atomic mass is 10.0. The van der Waals surface area contributed by atoms with Crippen LogP contribution in [-0.4, -0.2) is 14.1 Å². The van der Waals surface area contributed by atoms with Gasteiger partial charge >= 0.3 is 0 Å². The first-order valence-corrected chi connectivity index (χ1v) is 18.4. The van der Waals surface area contributed by atoms with Crippen molar-refractivity contribution in [3.63, 3.8) is 0 Å². The van der Waals surface area contributed by atoms with Gasteiger partial charge in [0.1, 0.15) is 5.58 Å². The first kappa shape index (κ1) is 28.1. The van der Waals surface area contributed by atoms with Crippen molar-refractivity contribution in [2.45, 2.75) is 0 Å². The van der Waals surface area contributed by atoms with Gasteiger partial charge < -0.3 is 8.98 Å². The van der Waals surface area contributed by atoms with Crippen molar-refractivity contribution in [1.82, 2.24) is 14.1 Å². The van der Waals surface area contributed by atoms with Crippen LogP contribution in [0.2, 0.25) is 0 Å². The molecule has 12 rings (SSSR count). The molecule has 52 heavy (non-hydrogen) atoms. The van der Waals surface area contributed by atoms with Crippen molar-refractivity contribution in [1.29, 1.82) is 0 Å². The summed E-state index contributed by atoms with van der Waals surface area (Å²) in [7, 11) is 0. The van der Waals surface area contributed by atoms with Crippen LogP contribution in [0.3, 0.4) is 0 Å². The maximum absolute atomic E-state index is 6.46. The molecule has 0 saturated carbocycles. The maximum atomic E-state index is 6.46. The number of fused-ring (bicyclic) bond motifs is 12. The smallest absolute Gasteiger partial charge is 0.181 e. The Morgan fingerprint density at radius 2 is 1.04 bits per heavy atom. The summed E-state index contributed by atoms with van der Waals surface area (Å²) in [6.07, 6.45) is 1.89. The van der Waals surface area contributed by atoms with E-state index in [1.807, 2.05) is 35.7 Å². The zero-order valence-corrected chi connectivity index (χ0v) is 28.6. The predicted molar refractivity (Wildman–Crippen MR) is 219 cm³/mol. The van der Waals surface area contributed by atoms with Gasteiger partial charge in [0.15, 0.2) is 11.4 Å². The molecule has 7 aromatic carbocycles. The van der Waals surface area contributed by atoms with E-state index in [1.165, 1.54) is 69.6 Å². The van der Waals surface area contributed by atoms with Gasteiger partial charge in [0.05, 0.1) is 32.5 Å². The molecule has 0 radical (unpaired) electrons. The molecule has 12 aromatic rings. The van der Waals surface area contributed by atoms with E-state index in [0.717, 1.165) is 38.8 Å². The Kier molecular flexibility index (Phi) is 5.62. The Morgan fingerprint density at radius 1 is 0.442 bits per heavy atom. The monoisotopic (exact) mass is 681 g/mol. The fourth-order valence-electron chi connectivity index (χ4n) is 8.50. The van der Waals surface area contributed by atoms with Crippen LogP contribution in [0.5, 0.6) is 0 Å². The van der Waals surface area contributed by atoms with E-state index in [-0.39, 0.29) is 0 Å². The molecule has 0 amide bonds. The zero-order valence-electron chi connectivity index (χ0n) is 27.7. The fourth-order valence-corrected chi connectivity index (χ4v) is 9.70. The molecule has 0 aliphatic carbocycles. The molecular weight excluding hydrogens is 655 g/mol. The van der Waals surface area contributed by atoms with Crippen molar-refractivity contribution in [2.75, 3.05) is 0 Å². The molecule has 0 atom stereocenters. The summed E-state index contributed by atoms with van der Waals surface area (Å²) in [4.78, 5) is 4.91. The number of hydrogen-bond donors (Lipinski definition) is 0. The minimum absolute atomic E-state index is 0.795. The van der Waals surface area contributed by atoms with E-state index in [1.54, 1.807) is 0 Å². The Labute approximate surface area is 301 Å². The molecule has 4 nitrogen and oxygen atoms in total. The van der Waals surface area contributed by atoms with Gasteiger partial charge in [-0.3, -0.25) is 4.57 Å². The lowest BCUT2D eigenvalue weighted by Gasteiger charge is -2.10. The van der Waals surface area contributed by atoms with E-state index in [2.05, 4.69) is 149 Å². The molecule has 0 aliphatic rings. The SMILES string of the molecule is c1ccc2c(c1)oc1c(-n3c4ccccc4c4cc(-c5ccc6c(c5)c5ccccc5n6-c5cccc6c5sc5ccccc56)ccc43)nccc12. The highest BCUT2D eigenvalue weighted by atomic mass is 32.1. The van der Waals surface area contributed by atoms with Gasteiger partial charge in [0.2, 0.25) is 0 Å². The molecule has 0 bridgehead atoms. The molecule has 5 aromatic heterocycles. The van der Waals surface area contributed by atoms with Crippen molar-refractivity contribution < 1.29 is 4.42 Å². The molecule has 5 heteroatoms. The van der Waals surface area contributed by atoms with Crippen LogP contribution < -0.4 is 0 Å². The molecule has 0 unspecified atom stereocenters. The minimum atomic E-state index is 0.795. The molecule has 0 saturated heterocycles. The van der Waals surface area contributed by atoms with E-state index in [4.69, 9.17) is 9.40 Å². The largest absolute Gasteiger partial charge is 0.452 e. The Bertz CT molecular complexity index is 3200. The number of hydrogen-bond acceptors (Lipinski definition) is 3. The summed E-state index contributed by atoms with van der Waals surface area (Å²) < 4.78 is 13.8. The van der Waals surface area contributed by atoms with E-state index >= 15 is 0 Å². The number of rotatable bonds is 3. The van der Waals surface area contributed by atoms with E-state index in [9.17, 15) is 0 Å². The quantitative estimate of drug-likeness (QED) is 0.186. The third kappa shape index (κ3) is 3.78. The van der Waals surface area contributed by atoms with Gasteiger partial charge in [-0.15, -0.1) is 11.3 Å². The number of para-hydroxylation sites is 3. The van der Waals surface area contributed by atoms with Crippen LogP contribution in [0.1, 0.15) is 0 Å². The third-order valence-electron chi connectivity index (χ3n) is 10.8. The Hall–Kier alpha value is -6.69. The molecule has 5 heterocycles. The summed E-state index contributed by atoms with van der Waals surface area (Å²) in [6.45, 7) is 0. The van der Waals surface area contributed by atoms with Crippen LogP contribution in [-0.2, 0) is 0 Å². The highest BCUT2D eigenvalue weighted by Gasteiger charge is 2.20. The first-order chi connectivity index (χ1) is 25.8. The molecule has 0 fully saturated rings. The third-order valence-corrected chi connectivity index (χ3v) is 12.0. The minimum Gasteiger partial charge on any atom is -0.452 e. The summed E-state index contributed by atoms with van der Waals surface area (Å²) in [6, 6.07) is 56.9. The maximum Gasteiger partial charge on any atom is 0.181 e. The van der Waals surface area contributed by atoms with Crippen molar-refractivity contribution in [2.24, 2.45) is 0 Å². The number of benzene rings is 7. The van der Waals surface area contributed by atoms with Gasteiger partial charge in [-0.2, -0.15) is 0 Å². The average Bonchev–Trinajstić information content (AvgIpc) is 3.95. The lowest BCUT2D eigenvalue weighted by molar-refractivity contribution is 0.663. The second-order valence-electron chi connectivity index (χ2n) is 13.5. The van der Waals surface area contributed by atoms with E-state index < -0.39 is 0 Å². The van der Waals surface area contributed by atoms with Crippen LogP contribution in [0.25, 0.3) is 108 Å². The van der Waals surface area contributed by atoms with E-state index in [0.29, 0.717) is 0 Å².